The molecule has 2 aromatic rings. The van der Waals surface area contributed by atoms with Gasteiger partial charge in [0.05, 0.1) is 0 Å². The highest BCUT2D eigenvalue weighted by Crippen LogP contribution is 2.23. The maximum Gasteiger partial charge on any atom is 0.138 e. The number of likely N-dealkylation sites (tertiary alicyclic amines) is 1. The molecule has 2 saturated heterocycles. The van der Waals surface area contributed by atoms with E-state index in [0.717, 1.165) is 44.1 Å². The largest absolute Gasteiger partial charge is 0.492 e. The van der Waals surface area contributed by atoms with Gasteiger partial charge in [-0.2, -0.15) is 0 Å². The van der Waals surface area contributed by atoms with Crippen molar-refractivity contribution in [3.05, 3.63) is 59.2 Å². The van der Waals surface area contributed by atoms with Crippen molar-refractivity contribution in [3.63, 3.8) is 0 Å². The number of benzene rings is 2. The zero-order valence-corrected chi connectivity index (χ0v) is 20.1. The first-order chi connectivity index (χ1) is 15.9. The molecule has 2 aliphatic heterocycles. The number of aryl methyl sites for hydroxylation is 2. The van der Waals surface area contributed by atoms with Gasteiger partial charge in [0.2, 0.25) is 0 Å². The Morgan fingerprint density at radius 1 is 1.03 bits per heavy atom. The third kappa shape index (κ3) is 7.18. The molecule has 2 aromatic carbocycles. The molecule has 3 atom stereocenters. The van der Waals surface area contributed by atoms with Gasteiger partial charge in [0.1, 0.15) is 30.3 Å². The van der Waals surface area contributed by atoms with Gasteiger partial charge in [-0.1, -0.05) is 18.2 Å². The van der Waals surface area contributed by atoms with Crippen LogP contribution in [-0.4, -0.2) is 67.2 Å². The van der Waals surface area contributed by atoms with E-state index >= 15 is 0 Å². The first-order valence-corrected chi connectivity index (χ1v) is 12.2. The predicted molar refractivity (Wildman–Crippen MR) is 130 cm³/mol. The molecule has 0 saturated carbocycles. The Kier molecular flexibility index (Phi) is 8.25. The van der Waals surface area contributed by atoms with E-state index in [0.29, 0.717) is 31.8 Å². The minimum absolute atomic E-state index is 0.210. The monoisotopic (exact) mass is 454 g/mol. The first kappa shape index (κ1) is 24.0. The minimum atomic E-state index is -0.488. The van der Waals surface area contributed by atoms with Crippen LogP contribution in [0.1, 0.15) is 36.5 Å². The van der Waals surface area contributed by atoms with Gasteiger partial charge >= 0.3 is 0 Å². The summed E-state index contributed by atoms with van der Waals surface area (Å²) < 4.78 is 17.5. The summed E-state index contributed by atoms with van der Waals surface area (Å²) in [6.45, 7) is 10.7. The highest BCUT2D eigenvalue weighted by molar-refractivity contribution is 5.33. The maximum absolute atomic E-state index is 10.5. The molecule has 6 heteroatoms. The topological polar surface area (TPSA) is 63.2 Å². The van der Waals surface area contributed by atoms with E-state index in [1.807, 2.05) is 24.3 Å². The van der Waals surface area contributed by atoms with Crippen molar-refractivity contribution in [2.75, 3.05) is 32.9 Å². The SMILES string of the molecule is Cc1cc(C)cc(O[C@H]2CN(Cc3ccc(OC[C@H](C)NC4CCOCC4)cc3)C[C@@H]2O)c1. The Balaban J connectivity index is 1.22. The predicted octanol–water partition coefficient (Wildman–Crippen LogP) is 3.46. The zero-order chi connectivity index (χ0) is 23.2. The maximum atomic E-state index is 10.5. The first-order valence-electron chi connectivity index (χ1n) is 12.2. The van der Waals surface area contributed by atoms with Crippen LogP contribution in [0.25, 0.3) is 0 Å². The van der Waals surface area contributed by atoms with Crippen LogP contribution in [0.3, 0.4) is 0 Å². The molecule has 33 heavy (non-hydrogen) atoms. The van der Waals surface area contributed by atoms with E-state index in [9.17, 15) is 5.11 Å². The molecule has 2 aliphatic rings. The lowest BCUT2D eigenvalue weighted by atomic mass is 10.1. The lowest BCUT2D eigenvalue weighted by Crippen LogP contribution is -2.42. The van der Waals surface area contributed by atoms with Gasteiger partial charge in [0, 0.05) is 44.9 Å². The van der Waals surface area contributed by atoms with Crippen LogP contribution in [0.4, 0.5) is 0 Å². The van der Waals surface area contributed by atoms with Crippen LogP contribution in [0.5, 0.6) is 11.5 Å². The van der Waals surface area contributed by atoms with Gasteiger partial charge in [0.15, 0.2) is 0 Å². The second-order valence-electron chi connectivity index (χ2n) is 9.65. The number of β-amino-alcohol motifs (C(OH)–C–C–N with tert-alkyl or cyclic N) is 1. The van der Waals surface area contributed by atoms with Crippen molar-refractivity contribution >= 4 is 0 Å². The van der Waals surface area contributed by atoms with Gasteiger partial charge in [-0.25, -0.2) is 0 Å². The lowest BCUT2D eigenvalue weighted by Gasteiger charge is -2.26. The third-order valence-corrected chi connectivity index (χ3v) is 6.37. The van der Waals surface area contributed by atoms with E-state index in [1.54, 1.807) is 0 Å². The van der Waals surface area contributed by atoms with Crippen molar-refractivity contribution in [1.29, 1.82) is 0 Å². The fourth-order valence-corrected chi connectivity index (χ4v) is 4.74. The molecule has 2 fully saturated rings. The van der Waals surface area contributed by atoms with E-state index in [1.165, 1.54) is 16.7 Å². The lowest BCUT2D eigenvalue weighted by molar-refractivity contribution is 0.0732. The van der Waals surface area contributed by atoms with Crippen LogP contribution in [0.15, 0.2) is 42.5 Å². The molecule has 0 unspecified atom stereocenters. The number of aliphatic hydroxyl groups excluding tert-OH is 1. The summed E-state index contributed by atoms with van der Waals surface area (Å²) in [4.78, 5) is 2.24. The van der Waals surface area contributed by atoms with Gasteiger partial charge < -0.3 is 24.6 Å². The van der Waals surface area contributed by atoms with E-state index in [2.05, 4.69) is 49.2 Å². The highest BCUT2D eigenvalue weighted by atomic mass is 16.5. The van der Waals surface area contributed by atoms with Crippen LogP contribution in [0.2, 0.25) is 0 Å². The summed E-state index contributed by atoms with van der Waals surface area (Å²) in [5.74, 6) is 1.72. The Labute approximate surface area is 197 Å². The molecule has 0 radical (unpaired) electrons. The minimum Gasteiger partial charge on any atom is -0.492 e. The number of rotatable bonds is 9. The summed E-state index contributed by atoms with van der Waals surface area (Å²) in [5, 5.41) is 14.2. The number of nitrogens with one attached hydrogen (secondary N) is 1. The molecule has 0 aromatic heterocycles. The molecule has 180 valence electrons. The number of nitrogens with zero attached hydrogens (tertiary/aromatic N) is 1. The smallest absolute Gasteiger partial charge is 0.138 e. The fourth-order valence-electron chi connectivity index (χ4n) is 4.74. The Bertz CT molecular complexity index is 862. The molecule has 0 bridgehead atoms. The van der Waals surface area contributed by atoms with Gasteiger partial charge in [0.25, 0.3) is 0 Å². The normalized spacial score (nSPS) is 22.9. The van der Waals surface area contributed by atoms with Crippen LogP contribution in [0, 0.1) is 13.8 Å². The van der Waals surface area contributed by atoms with Crippen LogP contribution in [-0.2, 0) is 11.3 Å². The van der Waals surface area contributed by atoms with Crippen molar-refractivity contribution in [2.45, 2.75) is 64.4 Å². The molecule has 4 rings (SSSR count). The standard InChI is InChI=1S/C27H38N2O4/c1-19-12-20(2)14-25(13-19)33-27-17-29(16-26(27)30)15-22-4-6-24(7-5-22)32-18-21(3)28-23-8-10-31-11-9-23/h4-7,12-14,21,23,26-28,30H,8-11,15-18H2,1-3H3/t21-,26-,27-/m0/s1. The van der Waals surface area contributed by atoms with E-state index in [4.69, 9.17) is 14.2 Å². The quantitative estimate of drug-likeness (QED) is 0.605. The number of hydrogen-bond acceptors (Lipinski definition) is 6. The molecule has 0 aliphatic carbocycles. The number of ether oxygens (including phenoxy) is 3. The molecule has 6 nitrogen and oxygen atoms in total. The molecule has 2 heterocycles. The summed E-state index contributed by atoms with van der Waals surface area (Å²) in [6, 6.07) is 15.3. The molecule has 0 amide bonds. The summed E-state index contributed by atoms with van der Waals surface area (Å²) in [7, 11) is 0. The van der Waals surface area contributed by atoms with E-state index in [-0.39, 0.29) is 6.10 Å². The molecular weight excluding hydrogens is 416 g/mol. The summed E-state index contributed by atoms with van der Waals surface area (Å²) in [6.07, 6.45) is 1.44. The van der Waals surface area contributed by atoms with Crippen LogP contribution < -0.4 is 14.8 Å². The fraction of sp³-hybridized carbons (Fsp3) is 0.556. The van der Waals surface area contributed by atoms with Crippen molar-refractivity contribution in [2.24, 2.45) is 0 Å². The Morgan fingerprint density at radius 3 is 2.42 bits per heavy atom. The average molecular weight is 455 g/mol. The highest BCUT2D eigenvalue weighted by Gasteiger charge is 2.33. The van der Waals surface area contributed by atoms with E-state index < -0.39 is 6.10 Å². The summed E-state index contributed by atoms with van der Waals surface area (Å²) in [5.41, 5.74) is 3.55. The number of aliphatic hydroxyl groups is 1. The van der Waals surface area contributed by atoms with Gasteiger partial charge in [-0.15, -0.1) is 0 Å². The van der Waals surface area contributed by atoms with Crippen molar-refractivity contribution in [3.8, 4) is 11.5 Å². The summed E-state index contributed by atoms with van der Waals surface area (Å²) >= 11 is 0. The van der Waals surface area contributed by atoms with Gasteiger partial charge in [-0.3, -0.25) is 4.90 Å². The third-order valence-electron chi connectivity index (χ3n) is 6.37. The second kappa shape index (κ2) is 11.3. The number of hydrogen-bond donors (Lipinski definition) is 2. The molecule has 0 spiro atoms. The van der Waals surface area contributed by atoms with Crippen molar-refractivity contribution < 1.29 is 19.3 Å². The van der Waals surface area contributed by atoms with Crippen molar-refractivity contribution in [1.82, 2.24) is 10.2 Å². The molecular formula is C27H38N2O4. The average Bonchev–Trinajstić information content (AvgIpc) is 3.11. The second-order valence-corrected chi connectivity index (χ2v) is 9.65. The Hall–Kier alpha value is -2.12. The van der Waals surface area contributed by atoms with Crippen LogP contribution >= 0.6 is 0 Å². The zero-order valence-electron chi connectivity index (χ0n) is 20.1. The van der Waals surface area contributed by atoms with Gasteiger partial charge in [-0.05, 0) is 74.6 Å². The molecule has 2 N–H and O–H groups in total. The Morgan fingerprint density at radius 2 is 1.73 bits per heavy atom.